The number of nitrogens with zero attached hydrogens (tertiary/aromatic N) is 4. The van der Waals surface area contributed by atoms with E-state index in [1.54, 1.807) is 11.9 Å². The van der Waals surface area contributed by atoms with Gasteiger partial charge in [-0.1, -0.05) is 31.5 Å². The van der Waals surface area contributed by atoms with Crippen molar-refractivity contribution in [2.24, 2.45) is 5.92 Å². The summed E-state index contributed by atoms with van der Waals surface area (Å²) in [5.41, 5.74) is 1.18. The van der Waals surface area contributed by atoms with Crippen LogP contribution in [0.5, 0.6) is 0 Å². The maximum Gasteiger partial charge on any atom is 0.327 e. The largest absolute Gasteiger partial charge is 0.368 e. The molecule has 4 amide bonds. The van der Waals surface area contributed by atoms with Crippen LogP contribution in [0.1, 0.15) is 19.8 Å². The number of hydrogen-bond acceptors (Lipinski definition) is 7. The molecule has 0 bridgehead atoms. The molecule has 10 heteroatoms. The molecule has 33 heavy (non-hydrogen) atoms. The van der Waals surface area contributed by atoms with Crippen molar-refractivity contribution in [3.05, 3.63) is 30.3 Å². The maximum absolute atomic E-state index is 13.0. The number of imide groups is 1. The van der Waals surface area contributed by atoms with Gasteiger partial charge in [0.05, 0.1) is 29.4 Å². The van der Waals surface area contributed by atoms with Gasteiger partial charge in [-0.15, -0.1) is 11.8 Å². The van der Waals surface area contributed by atoms with Gasteiger partial charge >= 0.3 is 6.03 Å². The smallest absolute Gasteiger partial charge is 0.327 e. The molecule has 3 fully saturated rings. The second-order valence-corrected chi connectivity index (χ2v) is 10.0. The summed E-state index contributed by atoms with van der Waals surface area (Å²) in [6.07, 6.45) is 1.46. The molecule has 1 aromatic carbocycles. The maximum atomic E-state index is 13.0. The van der Waals surface area contributed by atoms with Crippen molar-refractivity contribution >= 4 is 35.3 Å². The Morgan fingerprint density at radius 2 is 1.76 bits per heavy atom. The first-order chi connectivity index (χ1) is 15.9. The van der Waals surface area contributed by atoms with Crippen LogP contribution in [0.3, 0.4) is 0 Å². The van der Waals surface area contributed by atoms with Crippen molar-refractivity contribution in [2.75, 3.05) is 50.9 Å². The van der Waals surface area contributed by atoms with Gasteiger partial charge in [0.15, 0.2) is 0 Å². The first-order valence-corrected chi connectivity index (χ1v) is 12.7. The van der Waals surface area contributed by atoms with E-state index in [0.717, 1.165) is 25.9 Å². The lowest BCUT2D eigenvalue weighted by molar-refractivity contribution is -0.140. The second kappa shape index (κ2) is 10.3. The Balaban J connectivity index is 1.37. The van der Waals surface area contributed by atoms with Gasteiger partial charge in [-0.25, -0.2) is 4.79 Å². The monoisotopic (exact) mass is 474 g/mol. The summed E-state index contributed by atoms with van der Waals surface area (Å²) in [6.45, 7) is 5.11. The number of para-hydroxylation sites is 1. The number of nitrogens with one attached hydrogen (secondary N) is 2. The fraction of sp³-hybridized carbons (Fsp3) is 0.609. The molecule has 3 saturated heterocycles. The van der Waals surface area contributed by atoms with Gasteiger partial charge in [0, 0.05) is 46.0 Å². The van der Waals surface area contributed by atoms with Crippen LogP contribution in [0.2, 0.25) is 0 Å². The van der Waals surface area contributed by atoms with Crippen molar-refractivity contribution in [1.82, 2.24) is 25.3 Å². The fourth-order valence-electron chi connectivity index (χ4n) is 4.83. The van der Waals surface area contributed by atoms with E-state index in [0.29, 0.717) is 18.8 Å². The van der Waals surface area contributed by atoms with Gasteiger partial charge in [-0.3, -0.25) is 25.1 Å². The molecule has 0 radical (unpaired) electrons. The van der Waals surface area contributed by atoms with Gasteiger partial charge in [0.25, 0.3) is 0 Å². The average Bonchev–Trinajstić information content (AvgIpc) is 2.85. The van der Waals surface area contributed by atoms with E-state index in [-0.39, 0.29) is 35.6 Å². The highest BCUT2D eigenvalue weighted by atomic mass is 32.2. The molecule has 3 aliphatic rings. The van der Waals surface area contributed by atoms with Crippen molar-refractivity contribution < 1.29 is 14.4 Å². The Kier molecular flexibility index (Phi) is 7.45. The quantitative estimate of drug-likeness (QED) is 0.640. The molecular weight excluding hydrogens is 440 g/mol. The van der Waals surface area contributed by atoms with Gasteiger partial charge in [-0.05, 0) is 18.6 Å². The molecular formula is C23H34N6O3S. The molecule has 4 unspecified atom stereocenters. The molecule has 1 aromatic rings. The molecule has 9 nitrogen and oxygen atoms in total. The predicted octanol–water partition coefficient (Wildman–Crippen LogP) is 1.18. The summed E-state index contributed by atoms with van der Waals surface area (Å²) >= 11 is 1.48. The van der Waals surface area contributed by atoms with Crippen LogP contribution >= 0.6 is 11.8 Å². The molecule has 0 aliphatic carbocycles. The Labute approximate surface area is 199 Å². The number of hydrogen-bond donors (Lipinski definition) is 2. The number of piperazine rings is 1. The topological polar surface area (TPSA) is 88.2 Å². The molecule has 0 saturated carbocycles. The van der Waals surface area contributed by atoms with Crippen molar-refractivity contribution in [3.63, 3.8) is 0 Å². The number of urea groups is 1. The van der Waals surface area contributed by atoms with Crippen LogP contribution in [0.15, 0.2) is 30.3 Å². The van der Waals surface area contributed by atoms with Crippen LogP contribution in [-0.4, -0.2) is 96.3 Å². The molecule has 4 rings (SSSR count). The minimum atomic E-state index is -0.446. The molecule has 4 atom stereocenters. The van der Waals surface area contributed by atoms with Crippen molar-refractivity contribution in [3.8, 4) is 0 Å². The zero-order chi connectivity index (χ0) is 23.5. The van der Waals surface area contributed by atoms with E-state index in [2.05, 4.69) is 34.6 Å². The number of amides is 4. The van der Waals surface area contributed by atoms with Crippen LogP contribution in [-0.2, 0) is 9.59 Å². The number of rotatable bonds is 6. The summed E-state index contributed by atoms with van der Waals surface area (Å²) in [7, 11) is 3.25. The number of anilines is 1. The molecule has 0 aromatic heterocycles. The minimum absolute atomic E-state index is 0.00951. The average molecular weight is 475 g/mol. The van der Waals surface area contributed by atoms with E-state index in [4.69, 9.17) is 0 Å². The van der Waals surface area contributed by atoms with Crippen LogP contribution < -0.4 is 15.5 Å². The molecule has 3 aliphatic heterocycles. The molecule has 3 heterocycles. The summed E-state index contributed by atoms with van der Waals surface area (Å²) < 4.78 is 0. The summed E-state index contributed by atoms with van der Waals surface area (Å²) in [4.78, 5) is 45.5. The Morgan fingerprint density at radius 1 is 1.06 bits per heavy atom. The number of benzene rings is 1. The van der Waals surface area contributed by atoms with Gasteiger partial charge < -0.3 is 14.7 Å². The van der Waals surface area contributed by atoms with Crippen LogP contribution in [0.4, 0.5) is 10.5 Å². The SMILES string of the molecule is CCCC1NC(SCC(=O)N2CCN(c3ccccc3)CC2)C2C(=O)N(C)C(=O)N(C)C2N1. The predicted molar refractivity (Wildman–Crippen MR) is 130 cm³/mol. The first-order valence-electron chi connectivity index (χ1n) is 11.7. The molecule has 0 spiro atoms. The second-order valence-electron chi connectivity index (χ2n) is 8.87. The number of carbonyl (C=O) groups is 3. The van der Waals surface area contributed by atoms with Gasteiger partial charge in [0.1, 0.15) is 0 Å². The fourth-order valence-corrected chi connectivity index (χ4v) is 6.07. The summed E-state index contributed by atoms with van der Waals surface area (Å²) in [5, 5.41) is 6.69. The highest BCUT2D eigenvalue weighted by Crippen LogP contribution is 2.32. The highest BCUT2D eigenvalue weighted by Gasteiger charge is 2.50. The van der Waals surface area contributed by atoms with Crippen LogP contribution in [0, 0.1) is 5.92 Å². The van der Waals surface area contributed by atoms with Crippen molar-refractivity contribution in [2.45, 2.75) is 37.5 Å². The third-order valence-electron chi connectivity index (χ3n) is 6.74. The third kappa shape index (κ3) is 4.97. The van der Waals surface area contributed by atoms with E-state index >= 15 is 0 Å². The Bertz CT molecular complexity index is 863. The van der Waals surface area contributed by atoms with E-state index in [9.17, 15) is 14.4 Å². The lowest BCUT2D eigenvalue weighted by Crippen LogP contribution is -2.74. The summed E-state index contributed by atoms with van der Waals surface area (Å²) in [6, 6.07) is 9.96. The highest BCUT2D eigenvalue weighted by molar-refractivity contribution is 8.00. The van der Waals surface area contributed by atoms with Gasteiger partial charge in [0.2, 0.25) is 11.8 Å². The zero-order valence-corrected chi connectivity index (χ0v) is 20.4. The third-order valence-corrected chi connectivity index (χ3v) is 7.94. The summed E-state index contributed by atoms with van der Waals surface area (Å²) in [5.74, 6) is -0.254. The Hall–Kier alpha value is -2.30. The van der Waals surface area contributed by atoms with Crippen LogP contribution in [0.25, 0.3) is 0 Å². The number of carbonyl (C=O) groups excluding carboxylic acids is 3. The molecule has 180 valence electrons. The lowest BCUT2D eigenvalue weighted by Gasteiger charge is -2.50. The number of thioether (sulfide) groups is 1. The Morgan fingerprint density at radius 3 is 2.42 bits per heavy atom. The minimum Gasteiger partial charge on any atom is -0.368 e. The lowest BCUT2D eigenvalue weighted by atomic mass is 9.96. The van der Waals surface area contributed by atoms with Gasteiger partial charge in [-0.2, -0.15) is 0 Å². The molecule has 2 N–H and O–H groups in total. The number of fused-ring (bicyclic) bond motifs is 1. The van der Waals surface area contributed by atoms with E-state index in [1.165, 1.54) is 29.4 Å². The van der Waals surface area contributed by atoms with E-state index in [1.807, 2.05) is 23.1 Å². The van der Waals surface area contributed by atoms with Crippen molar-refractivity contribution in [1.29, 1.82) is 0 Å². The normalized spacial score (nSPS) is 28.2. The van der Waals surface area contributed by atoms with E-state index < -0.39 is 5.92 Å². The first kappa shape index (κ1) is 23.8. The standard InChI is InChI=1S/C23H34N6O3S/c1-4-8-17-24-20-19(22(31)27(3)23(32)26(20)2)21(25-17)33-15-18(30)29-13-11-28(12-14-29)16-9-6-5-7-10-16/h5-7,9-10,17,19-21,24-25H,4,8,11-15H2,1-3H3. The zero-order valence-electron chi connectivity index (χ0n) is 19.6.